The fourth-order valence-electron chi connectivity index (χ4n) is 5.19. The molecule has 0 saturated carbocycles. The van der Waals surface area contributed by atoms with Crippen LogP contribution in [0.15, 0.2) is 54.6 Å². The van der Waals surface area contributed by atoms with Crippen molar-refractivity contribution in [2.45, 2.75) is 43.9 Å². The molecule has 1 fully saturated rings. The van der Waals surface area contributed by atoms with Gasteiger partial charge in [-0.2, -0.15) is 0 Å². The summed E-state index contributed by atoms with van der Waals surface area (Å²) in [5.41, 5.74) is 1.78. The number of pyridine rings is 1. The SMILES string of the molecule is O=C(NCc1cc(Cl)ccc1-n1cnnn1)[C@@H]1C[C@@H]2C=C2N1C(=O)C1(O)CCCc2ncccc21. The first-order chi connectivity index (χ1) is 17.0. The molecular weight excluding hydrogens is 470 g/mol. The fourth-order valence-corrected chi connectivity index (χ4v) is 5.38. The van der Waals surface area contributed by atoms with E-state index in [0.29, 0.717) is 42.0 Å². The van der Waals surface area contributed by atoms with Crippen molar-refractivity contribution in [3.8, 4) is 5.69 Å². The Morgan fingerprint density at radius 2 is 2.17 bits per heavy atom. The van der Waals surface area contributed by atoms with Crippen LogP contribution in [-0.2, 0) is 28.2 Å². The highest BCUT2D eigenvalue weighted by Crippen LogP contribution is 2.48. The first-order valence-corrected chi connectivity index (χ1v) is 11.8. The maximum absolute atomic E-state index is 13.7. The number of aromatic nitrogens is 5. The number of nitrogens with zero attached hydrogens (tertiary/aromatic N) is 6. The van der Waals surface area contributed by atoms with Crippen LogP contribution in [0.3, 0.4) is 0 Å². The number of rotatable bonds is 5. The van der Waals surface area contributed by atoms with Gasteiger partial charge in [-0.15, -0.1) is 5.10 Å². The number of allylic oxidation sites excluding steroid dienone is 2. The highest BCUT2D eigenvalue weighted by atomic mass is 35.5. The summed E-state index contributed by atoms with van der Waals surface area (Å²) in [6.45, 7) is 0.174. The number of hydrogen-bond donors (Lipinski definition) is 2. The van der Waals surface area contributed by atoms with Gasteiger partial charge in [-0.3, -0.25) is 14.6 Å². The van der Waals surface area contributed by atoms with E-state index < -0.39 is 17.6 Å². The van der Waals surface area contributed by atoms with Crippen molar-refractivity contribution in [3.05, 3.63) is 76.5 Å². The molecule has 11 heteroatoms. The number of hydrogen-bond acceptors (Lipinski definition) is 7. The molecule has 2 aliphatic carbocycles. The molecule has 1 aromatic carbocycles. The van der Waals surface area contributed by atoms with Gasteiger partial charge in [0.1, 0.15) is 12.4 Å². The van der Waals surface area contributed by atoms with Gasteiger partial charge in [0.05, 0.1) is 5.69 Å². The number of aryl methyl sites for hydroxylation is 1. The van der Waals surface area contributed by atoms with Crippen LogP contribution in [-0.4, -0.2) is 53.1 Å². The van der Waals surface area contributed by atoms with E-state index in [1.807, 2.05) is 6.08 Å². The molecule has 1 unspecified atom stereocenters. The van der Waals surface area contributed by atoms with E-state index >= 15 is 0 Å². The van der Waals surface area contributed by atoms with Crippen molar-refractivity contribution in [3.63, 3.8) is 0 Å². The van der Waals surface area contributed by atoms with Gasteiger partial charge in [0, 0.05) is 40.6 Å². The average molecular weight is 492 g/mol. The Balaban J connectivity index is 1.23. The summed E-state index contributed by atoms with van der Waals surface area (Å²) in [6.07, 6.45) is 7.25. The van der Waals surface area contributed by atoms with Crippen molar-refractivity contribution >= 4 is 23.4 Å². The second-order valence-corrected chi connectivity index (χ2v) is 9.52. The lowest BCUT2D eigenvalue weighted by atomic mass is 9.80. The van der Waals surface area contributed by atoms with E-state index in [2.05, 4.69) is 25.8 Å². The van der Waals surface area contributed by atoms with Crippen LogP contribution >= 0.6 is 11.6 Å². The van der Waals surface area contributed by atoms with Gasteiger partial charge in [0.25, 0.3) is 5.91 Å². The van der Waals surface area contributed by atoms with Crippen LogP contribution in [0.25, 0.3) is 5.69 Å². The summed E-state index contributed by atoms with van der Waals surface area (Å²) in [6, 6.07) is 8.01. The number of halogens is 1. The lowest BCUT2D eigenvalue weighted by Gasteiger charge is -2.37. The van der Waals surface area contributed by atoms with Crippen molar-refractivity contribution in [1.82, 2.24) is 35.4 Å². The quantitative estimate of drug-likeness (QED) is 0.555. The second kappa shape index (κ2) is 8.24. The molecule has 178 valence electrons. The number of aliphatic hydroxyl groups is 1. The first-order valence-electron chi connectivity index (χ1n) is 11.5. The first kappa shape index (κ1) is 21.9. The van der Waals surface area contributed by atoms with Crippen molar-refractivity contribution in [2.24, 2.45) is 5.92 Å². The van der Waals surface area contributed by atoms with Gasteiger partial charge >= 0.3 is 0 Å². The van der Waals surface area contributed by atoms with Gasteiger partial charge in [0.15, 0.2) is 5.60 Å². The number of likely N-dealkylation sites (tertiary alicyclic amines) is 1. The van der Waals surface area contributed by atoms with Crippen LogP contribution in [0.4, 0.5) is 0 Å². The largest absolute Gasteiger partial charge is 0.375 e. The number of amides is 2. The van der Waals surface area contributed by atoms with E-state index in [0.717, 1.165) is 17.0 Å². The molecule has 0 radical (unpaired) electrons. The molecule has 2 N–H and O–H groups in total. The lowest BCUT2D eigenvalue weighted by molar-refractivity contribution is -0.155. The van der Waals surface area contributed by atoms with E-state index in [4.69, 9.17) is 11.6 Å². The number of tetrazole rings is 1. The lowest BCUT2D eigenvalue weighted by Crippen LogP contribution is -2.53. The van der Waals surface area contributed by atoms with Crippen LogP contribution < -0.4 is 5.32 Å². The minimum atomic E-state index is -1.70. The predicted octanol–water partition coefficient (Wildman–Crippen LogP) is 1.67. The summed E-state index contributed by atoms with van der Waals surface area (Å²) < 4.78 is 1.49. The third-order valence-corrected chi connectivity index (χ3v) is 7.20. The normalized spacial score (nSPS) is 24.4. The van der Waals surface area contributed by atoms with Crippen molar-refractivity contribution in [2.75, 3.05) is 0 Å². The van der Waals surface area contributed by atoms with Gasteiger partial charge in [-0.1, -0.05) is 23.7 Å². The van der Waals surface area contributed by atoms with E-state index in [1.165, 1.54) is 15.9 Å². The molecule has 3 heterocycles. The number of benzene rings is 1. The highest BCUT2D eigenvalue weighted by Gasteiger charge is 2.55. The number of carbonyl (C=O) groups excluding carboxylic acids is 2. The molecule has 1 saturated heterocycles. The highest BCUT2D eigenvalue weighted by molar-refractivity contribution is 6.30. The predicted molar refractivity (Wildman–Crippen MR) is 124 cm³/mol. The third-order valence-electron chi connectivity index (χ3n) is 6.96. The molecule has 3 aromatic rings. The Hall–Kier alpha value is -3.63. The summed E-state index contributed by atoms with van der Waals surface area (Å²) in [5, 5.41) is 26.2. The zero-order valence-electron chi connectivity index (χ0n) is 18.6. The van der Waals surface area contributed by atoms with Gasteiger partial charge < -0.3 is 15.3 Å². The maximum Gasteiger partial charge on any atom is 0.264 e. The zero-order valence-corrected chi connectivity index (χ0v) is 19.4. The van der Waals surface area contributed by atoms with Crippen molar-refractivity contribution in [1.29, 1.82) is 0 Å². The standard InChI is InChI=1S/C24H22ClN7O3/c25-16-5-6-19(31-13-28-29-30-31)15(9-16)12-27-22(33)21-11-14-10-20(14)32(21)23(34)24(35)7-1-4-18-17(24)3-2-8-26-18/h2-3,5-6,8-10,13-14,21,35H,1,4,7,11-12H2,(H,27,33)/t14-,21-,24?/m0/s1. The van der Waals surface area contributed by atoms with E-state index in [1.54, 1.807) is 36.5 Å². The molecule has 3 atom stereocenters. The number of fused-ring (bicyclic) bond motifs is 2. The molecule has 1 aliphatic heterocycles. The van der Waals surface area contributed by atoms with Crippen molar-refractivity contribution < 1.29 is 14.7 Å². The Morgan fingerprint density at radius 3 is 3.00 bits per heavy atom. The number of carbonyl (C=O) groups is 2. The van der Waals surface area contributed by atoms with Crippen LogP contribution in [0, 0.1) is 5.92 Å². The molecule has 0 bridgehead atoms. The smallest absolute Gasteiger partial charge is 0.264 e. The maximum atomic E-state index is 13.7. The molecule has 0 spiro atoms. The third kappa shape index (κ3) is 3.69. The molecule has 6 rings (SSSR count). The molecule has 2 aromatic heterocycles. The second-order valence-electron chi connectivity index (χ2n) is 9.08. The van der Waals surface area contributed by atoms with Gasteiger partial charge in [0.2, 0.25) is 5.91 Å². The Kier molecular flexibility index (Phi) is 5.15. The minimum absolute atomic E-state index is 0.0817. The summed E-state index contributed by atoms with van der Waals surface area (Å²) in [4.78, 5) is 32.9. The Morgan fingerprint density at radius 1 is 1.29 bits per heavy atom. The monoisotopic (exact) mass is 491 g/mol. The van der Waals surface area contributed by atoms with Crippen LogP contribution in [0.5, 0.6) is 0 Å². The molecule has 10 nitrogen and oxygen atoms in total. The van der Waals surface area contributed by atoms with Crippen LogP contribution in [0.1, 0.15) is 36.1 Å². The Bertz CT molecular complexity index is 1360. The molecule has 3 aliphatic rings. The molecule has 2 amide bonds. The minimum Gasteiger partial charge on any atom is -0.375 e. The topological polar surface area (TPSA) is 126 Å². The summed E-state index contributed by atoms with van der Waals surface area (Å²) in [5.74, 6) is -0.673. The molecule has 35 heavy (non-hydrogen) atoms. The van der Waals surface area contributed by atoms with E-state index in [9.17, 15) is 14.7 Å². The van der Waals surface area contributed by atoms with E-state index in [-0.39, 0.29) is 18.4 Å². The molecular formula is C24H22ClN7O3. The average Bonchev–Trinajstić information content (AvgIpc) is 3.25. The Labute approximate surface area is 205 Å². The summed E-state index contributed by atoms with van der Waals surface area (Å²) in [7, 11) is 0. The van der Waals surface area contributed by atoms with Gasteiger partial charge in [-0.05, 0) is 65.9 Å². The van der Waals surface area contributed by atoms with Crippen LogP contribution in [0.2, 0.25) is 5.02 Å². The summed E-state index contributed by atoms with van der Waals surface area (Å²) >= 11 is 6.19. The number of nitrogens with one attached hydrogen (secondary N) is 1. The fraction of sp³-hybridized carbons (Fsp3) is 0.333. The zero-order chi connectivity index (χ0) is 24.2. The van der Waals surface area contributed by atoms with Gasteiger partial charge in [-0.25, -0.2) is 4.68 Å².